The topological polar surface area (TPSA) is 141 Å². The summed E-state index contributed by atoms with van der Waals surface area (Å²) in [6, 6.07) is 11.4. The summed E-state index contributed by atoms with van der Waals surface area (Å²) in [6.07, 6.45) is 1.34. The third-order valence-corrected chi connectivity index (χ3v) is 7.92. The molecule has 2 aromatic rings. The molecule has 1 atom stereocenters. The van der Waals surface area contributed by atoms with Crippen molar-refractivity contribution in [3.63, 3.8) is 0 Å². The molecule has 2 aromatic carbocycles. The molecular weight excluding hydrogens is 455 g/mol. The number of nitrogens with zero attached hydrogens (tertiary/aromatic N) is 2. The maximum Gasteiger partial charge on any atom is 0.282 e. The molecule has 0 N–H and O–H groups in total. The number of hydrogen-bond acceptors (Lipinski definition) is 8. The minimum Gasteiger partial charge on any atom is -0.322 e. The van der Waals surface area contributed by atoms with Crippen LogP contribution in [0.4, 0.5) is 11.4 Å². The third kappa shape index (κ3) is 6.91. The SMILES string of the molecule is CC.CS(=O)(=O)N(c1ccc([N+](=O)[O-])c([PH](=O)OCc2ccccc2)c1)S(C)(=O)=O. The molecule has 0 bridgehead atoms. The summed E-state index contributed by atoms with van der Waals surface area (Å²) >= 11 is 0. The van der Waals surface area contributed by atoms with Gasteiger partial charge in [0.1, 0.15) is 5.30 Å². The summed E-state index contributed by atoms with van der Waals surface area (Å²) < 4.78 is 65.5. The zero-order chi connectivity index (χ0) is 23.1. The summed E-state index contributed by atoms with van der Waals surface area (Å²) in [4.78, 5) is 10.4. The van der Waals surface area contributed by atoms with Gasteiger partial charge in [0.05, 0.1) is 29.7 Å². The predicted molar refractivity (Wildman–Crippen MR) is 116 cm³/mol. The lowest BCUT2D eigenvalue weighted by Crippen LogP contribution is -2.35. The van der Waals surface area contributed by atoms with Gasteiger partial charge in [-0.1, -0.05) is 44.2 Å². The Labute approximate surface area is 176 Å². The van der Waals surface area contributed by atoms with E-state index in [4.69, 9.17) is 4.52 Å². The molecule has 0 fully saturated rings. The smallest absolute Gasteiger partial charge is 0.282 e. The molecule has 0 aromatic heterocycles. The molecular formula is C17H23N2O8PS2. The molecule has 166 valence electrons. The zero-order valence-corrected chi connectivity index (χ0v) is 19.4. The summed E-state index contributed by atoms with van der Waals surface area (Å²) in [5.74, 6) is 0. The molecule has 1 unspecified atom stereocenters. The van der Waals surface area contributed by atoms with E-state index in [0.29, 0.717) is 18.1 Å². The quantitative estimate of drug-likeness (QED) is 0.320. The highest BCUT2D eigenvalue weighted by Crippen LogP contribution is 2.32. The minimum atomic E-state index is -4.26. The van der Waals surface area contributed by atoms with Gasteiger partial charge in [-0.2, -0.15) is 3.71 Å². The number of nitro groups is 1. The van der Waals surface area contributed by atoms with Crippen LogP contribution >= 0.6 is 8.03 Å². The van der Waals surface area contributed by atoms with E-state index in [1.165, 1.54) is 0 Å². The van der Waals surface area contributed by atoms with Crippen molar-refractivity contribution >= 4 is 44.8 Å². The van der Waals surface area contributed by atoms with E-state index in [1.54, 1.807) is 30.3 Å². The van der Waals surface area contributed by atoms with E-state index in [0.717, 1.165) is 18.2 Å². The van der Waals surface area contributed by atoms with Gasteiger partial charge >= 0.3 is 0 Å². The van der Waals surface area contributed by atoms with Gasteiger partial charge in [0.15, 0.2) is 0 Å². The first-order chi connectivity index (χ1) is 13.9. The highest BCUT2D eigenvalue weighted by atomic mass is 32.3. The molecule has 0 aliphatic rings. The van der Waals surface area contributed by atoms with Crippen LogP contribution in [0.1, 0.15) is 19.4 Å². The van der Waals surface area contributed by atoms with Crippen molar-refractivity contribution in [1.82, 2.24) is 0 Å². The number of hydrogen-bond donors (Lipinski definition) is 0. The van der Waals surface area contributed by atoms with Crippen LogP contribution < -0.4 is 9.02 Å². The molecule has 0 radical (unpaired) electrons. The van der Waals surface area contributed by atoms with Gasteiger partial charge in [-0.25, -0.2) is 16.8 Å². The van der Waals surface area contributed by atoms with Crippen molar-refractivity contribution in [2.24, 2.45) is 0 Å². The van der Waals surface area contributed by atoms with Crippen LogP contribution in [0, 0.1) is 10.1 Å². The fourth-order valence-corrected chi connectivity index (χ4v) is 6.45. The molecule has 0 saturated heterocycles. The number of anilines is 1. The highest BCUT2D eigenvalue weighted by Gasteiger charge is 2.30. The Balaban J connectivity index is 0.00000218. The van der Waals surface area contributed by atoms with Gasteiger partial charge < -0.3 is 4.52 Å². The molecule has 10 nitrogen and oxygen atoms in total. The largest absolute Gasteiger partial charge is 0.322 e. The Morgan fingerprint density at radius 1 is 1.00 bits per heavy atom. The lowest BCUT2D eigenvalue weighted by atomic mass is 10.2. The van der Waals surface area contributed by atoms with E-state index in [2.05, 4.69) is 0 Å². The van der Waals surface area contributed by atoms with E-state index in [1.807, 2.05) is 13.8 Å². The van der Waals surface area contributed by atoms with Crippen molar-refractivity contribution in [1.29, 1.82) is 0 Å². The number of benzene rings is 2. The molecule has 0 aliphatic carbocycles. The number of nitro benzene ring substituents is 1. The predicted octanol–water partition coefficient (Wildman–Crippen LogP) is 2.66. The Kier molecular flexibility index (Phi) is 9.16. The minimum absolute atomic E-state index is 0.0954. The molecule has 0 heterocycles. The van der Waals surface area contributed by atoms with Gasteiger partial charge in [0.25, 0.3) is 5.69 Å². The second-order valence-electron chi connectivity index (χ2n) is 5.74. The van der Waals surface area contributed by atoms with Crippen molar-refractivity contribution in [2.75, 3.05) is 16.2 Å². The van der Waals surface area contributed by atoms with Crippen LogP contribution in [0.15, 0.2) is 48.5 Å². The van der Waals surface area contributed by atoms with Gasteiger partial charge in [-0.15, -0.1) is 0 Å². The molecule has 0 aliphatic heterocycles. The summed E-state index contributed by atoms with van der Waals surface area (Å²) in [6.45, 7) is 3.90. The summed E-state index contributed by atoms with van der Waals surface area (Å²) in [7, 11) is -11.7. The van der Waals surface area contributed by atoms with E-state index in [9.17, 15) is 31.5 Å². The molecule has 2 rings (SSSR count). The highest BCUT2D eigenvalue weighted by molar-refractivity contribution is 8.09. The molecule has 0 spiro atoms. The Morgan fingerprint density at radius 3 is 2.00 bits per heavy atom. The summed E-state index contributed by atoms with van der Waals surface area (Å²) in [5, 5.41) is 10.9. The van der Waals surface area contributed by atoms with Gasteiger partial charge in [0.2, 0.25) is 28.1 Å². The first-order valence-electron chi connectivity index (χ1n) is 8.61. The monoisotopic (exact) mass is 478 g/mol. The van der Waals surface area contributed by atoms with Crippen LogP contribution in [-0.2, 0) is 35.7 Å². The lowest BCUT2D eigenvalue weighted by Gasteiger charge is -2.20. The maximum absolute atomic E-state index is 12.6. The Hall–Kier alpha value is -2.27. The molecule has 13 heteroatoms. The van der Waals surface area contributed by atoms with Crippen molar-refractivity contribution in [3.05, 3.63) is 64.2 Å². The van der Waals surface area contributed by atoms with Crippen molar-refractivity contribution in [2.45, 2.75) is 20.5 Å². The van der Waals surface area contributed by atoms with Crippen LogP contribution in [0.2, 0.25) is 0 Å². The first-order valence-corrected chi connectivity index (χ1v) is 13.6. The first kappa shape index (κ1) is 25.8. The standard InChI is InChI=1S/C15H17N2O8PS2.C2H6/c1-27(21,22)17(28(2,23)24)13-8-9-14(16(18)19)15(10-13)26(20)25-11-12-6-4-3-5-7-12;1-2/h3-10,26H,11H2,1-2H3;1-2H3. The zero-order valence-electron chi connectivity index (χ0n) is 16.8. The fraction of sp³-hybridized carbons (Fsp3) is 0.294. The molecule has 0 amide bonds. The average molecular weight is 478 g/mol. The fourth-order valence-electron chi connectivity index (χ4n) is 2.39. The lowest BCUT2D eigenvalue weighted by molar-refractivity contribution is -0.383. The van der Waals surface area contributed by atoms with Gasteiger partial charge in [-0.3, -0.25) is 14.7 Å². The summed E-state index contributed by atoms with van der Waals surface area (Å²) in [5.41, 5.74) is -0.288. The maximum atomic E-state index is 12.6. The Bertz CT molecular complexity index is 1090. The van der Waals surface area contributed by atoms with Crippen molar-refractivity contribution in [3.8, 4) is 0 Å². The van der Waals surface area contributed by atoms with Crippen LogP contribution in [0.5, 0.6) is 0 Å². The number of rotatable bonds is 8. The van der Waals surface area contributed by atoms with Crippen LogP contribution in [0.25, 0.3) is 0 Å². The van der Waals surface area contributed by atoms with Crippen LogP contribution in [0.3, 0.4) is 0 Å². The van der Waals surface area contributed by atoms with E-state index >= 15 is 0 Å². The van der Waals surface area contributed by atoms with Gasteiger partial charge in [0, 0.05) is 6.07 Å². The second kappa shape index (κ2) is 10.7. The molecule has 0 saturated carbocycles. The normalized spacial score (nSPS) is 12.4. The van der Waals surface area contributed by atoms with Crippen LogP contribution in [-0.4, -0.2) is 34.3 Å². The van der Waals surface area contributed by atoms with Gasteiger partial charge in [-0.05, 0) is 17.7 Å². The molecule has 30 heavy (non-hydrogen) atoms. The third-order valence-electron chi connectivity index (χ3n) is 3.42. The second-order valence-corrected chi connectivity index (χ2v) is 11.0. The van der Waals surface area contributed by atoms with Crippen molar-refractivity contribution < 1.29 is 30.8 Å². The number of sulfonamides is 2. The Morgan fingerprint density at radius 2 is 1.53 bits per heavy atom. The van der Waals surface area contributed by atoms with E-state index < -0.39 is 44.4 Å². The van der Waals surface area contributed by atoms with E-state index in [-0.39, 0.29) is 15.6 Å². The average Bonchev–Trinajstić information content (AvgIpc) is 2.66.